The van der Waals surface area contributed by atoms with Gasteiger partial charge in [0.15, 0.2) is 0 Å². The van der Waals surface area contributed by atoms with Crippen LogP contribution in [0.15, 0.2) is 47.0 Å². The zero-order chi connectivity index (χ0) is 18.5. The molecular formula is C18H17FN4O3. The number of nitrogens with one attached hydrogen (secondary N) is 2. The van der Waals surface area contributed by atoms with Crippen LogP contribution in [0.3, 0.4) is 0 Å². The van der Waals surface area contributed by atoms with Crippen LogP contribution in [-0.2, 0) is 11.3 Å². The number of methoxy groups -OCH3 is 1. The molecule has 26 heavy (non-hydrogen) atoms. The number of halogens is 1. The third-order valence-electron chi connectivity index (χ3n) is 3.54. The maximum Gasteiger partial charge on any atom is 0.246 e. The van der Waals surface area contributed by atoms with Gasteiger partial charge in [-0.15, -0.1) is 0 Å². The van der Waals surface area contributed by atoms with E-state index in [2.05, 4.69) is 20.8 Å². The van der Waals surface area contributed by atoms with E-state index in [1.807, 2.05) is 24.3 Å². The number of ether oxygens (including phenoxy) is 1. The van der Waals surface area contributed by atoms with Gasteiger partial charge in [-0.2, -0.15) is 4.98 Å². The molecule has 3 rings (SSSR count). The second kappa shape index (κ2) is 7.64. The highest BCUT2D eigenvalue weighted by Gasteiger charge is 2.10. The molecule has 2 aromatic carbocycles. The Kier molecular flexibility index (Phi) is 5.12. The van der Waals surface area contributed by atoms with E-state index in [1.54, 1.807) is 13.2 Å². The van der Waals surface area contributed by atoms with Gasteiger partial charge in [-0.1, -0.05) is 5.16 Å². The quantitative estimate of drug-likeness (QED) is 0.703. The molecule has 3 aromatic rings. The summed E-state index contributed by atoms with van der Waals surface area (Å²) in [6, 6.07) is 11.6. The first-order chi connectivity index (χ1) is 12.5. The number of hydrogen-bond donors (Lipinski definition) is 2. The van der Waals surface area contributed by atoms with E-state index in [4.69, 9.17) is 9.26 Å². The van der Waals surface area contributed by atoms with E-state index in [-0.39, 0.29) is 18.1 Å². The number of nitrogens with zero attached hydrogens (tertiary/aromatic N) is 2. The Balaban J connectivity index is 1.67. The molecular weight excluding hydrogens is 339 g/mol. The van der Waals surface area contributed by atoms with Gasteiger partial charge in [0, 0.05) is 18.2 Å². The van der Waals surface area contributed by atoms with Crippen LogP contribution in [0.1, 0.15) is 12.8 Å². The molecule has 0 bridgehead atoms. The number of anilines is 2. The van der Waals surface area contributed by atoms with Gasteiger partial charge in [-0.05, 0) is 42.5 Å². The van der Waals surface area contributed by atoms with Gasteiger partial charge < -0.3 is 19.9 Å². The van der Waals surface area contributed by atoms with Crippen LogP contribution in [0.2, 0.25) is 0 Å². The zero-order valence-corrected chi connectivity index (χ0v) is 14.2. The predicted molar refractivity (Wildman–Crippen MR) is 94.3 cm³/mol. The Bertz CT molecular complexity index is 909. The summed E-state index contributed by atoms with van der Waals surface area (Å²) >= 11 is 0. The van der Waals surface area contributed by atoms with Gasteiger partial charge in [0.05, 0.1) is 19.3 Å². The van der Waals surface area contributed by atoms with Crippen LogP contribution >= 0.6 is 0 Å². The van der Waals surface area contributed by atoms with Crippen molar-refractivity contribution in [1.29, 1.82) is 0 Å². The largest absolute Gasteiger partial charge is 0.497 e. The summed E-state index contributed by atoms with van der Waals surface area (Å²) in [6.07, 6.45) is 0. The second-order valence-electron chi connectivity index (χ2n) is 5.47. The van der Waals surface area contributed by atoms with E-state index in [9.17, 15) is 9.18 Å². The maximum atomic E-state index is 13.6. The molecule has 0 saturated carbocycles. The number of carbonyl (C=O) groups is 1. The molecule has 0 aliphatic carbocycles. The minimum absolute atomic E-state index is 0.104. The molecule has 134 valence electrons. The second-order valence-corrected chi connectivity index (χ2v) is 5.47. The van der Waals surface area contributed by atoms with Crippen molar-refractivity contribution in [1.82, 2.24) is 10.1 Å². The molecule has 1 aromatic heterocycles. The lowest BCUT2D eigenvalue weighted by atomic mass is 10.2. The summed E-state index contributed by atoms with van der Waals surface area (Å²) in [5.74, 6) is 0.724. The summed E-state index contributed by atoms with van der Waals surface area (Å²) in [5, 5.41) is 9.42. The Hall–Kier alpha value is -3.42. The molecule has 0 saturated heterocycles. The molecule has 0 atom stereocenters. The summed E-state index contributed by atoms with van der Waals surface area (Å²) in [5.41, 5.74) is 1.52. The Morgan fingerprint density at radius 2 is 2.00 bits per heavy atom. The summed E-state index contributed by atoms with van der Waals surface area (Å²) in [7, 11) is 1.60. The van der Waals surface area contributed by atoms with E-state index >= 15 is 0 Å². The van der Waals surface area contributed by atoms with Crippen molar-refractivity contribution in [2.45, 2.75) is 13.5 Å². The highest BCUT2D eigenvalue weighted by atomic mass is 19.1. The molecule has 0 aliphatic heterocycles. The fraction of sp³-hybridized carbons (Fsp3) is 0.167. The van der Waals surface area contributed by atoms with Crippen molar-refractivity contribution in [2.75, 3.05) is 17.7 Å². The van der Waals surface area contributed by atoms with Gasteiger partial charge in [-0.3, -0.25) is 4.79 Å². The molecule has 0 unspecified atom stereocenters. The zero-order valence-electron chi connectivity index (χ0n) is 14.2. The molecule has 8 heteroatoms. The minimum Gasteiger partial charge on any atom is -0.497 e. The fourth-order valence-electron chi connectivity index (χ4n) is 2.28. The smallest absolute Gasteiger partial charge is 0.246 e. The molecule has 1 amide bonds. The van der Waals surface area contributed by atoms with Crippen LogP contribution < -0.4 is 15.4 Å². The van der Waals surface area contributed by atoms with Crippen molar-refractivity contribution < 1.29 is 18.4 Å². The van der Waals surface area contributed by atoms with Gasteiger partial charge in [0.2, 0.25) is 17.6 Å². The number of rotatable bonds is 6. The van der Waals surface area contributed by atoms with E-state index < -0.39 is 5.82 Å². The number of hydrogen-bond acceptors (Lipinski definition) is 6. The third kappa shape index (κ3) is 4.15. The predicted octanol–water partition coefficient (Wildman–Crippen LogP) is 3.45. The number of benzene rings is 2. The summed E-state index contributed by atoms with van der Waals surface area (Å²) in [4.78, 5) is 15.4. The van der Waals surface area contributed by atoms with Crippen molar-refractivity contribution in [2.24, 2.45) is 0 Å². The average molecular weight is 356 g/mol. The van der Waals surface area contributed by atoms with Gasteiger partial charge in [0.1, 0.15) is 11.6 Å². The van der Waals surface area contributed by atoms with Gasteiger partial charge in [-0.25, -0.2) is 4.39 Å². The summed E-state index contributed by atoms with van der Waals surface area (Å²) < 4.78 is 24.0. The summed E-state index contributed by atoms with van der Waals surface area (Å²) in [6.45, 7) is 1.58. The van der Waals surface area contributed by atoms with Crippen molar-refractivity contribution in [3.8, 4) is 17.1 Å². The first-order valence-electron chi connectivity index (χ1n) is 7.83. The molecule has 0 aliphatic rings. The first kappa shape index (κ1) is 17.4. The average Bonchev–Trinajstić information content (AvgIpc) is 3.11. The van der Waals surface area contributed by atoms with Crippen LogP contribution in [0.25, 0.3) is 11.4 Å². The molecule has 0 radical (unpaired) electrons. The Morgan fingerprint density at radius 1 is 1.23 bits per heavy atom. The lowest BCUT2D eigenvalue weighted by Gasteiger charge is -2.08. The third-order valence-corrected chi connectivity index (χ3v) is 3.54. The molecule has 0 spiro atoms. The standard InChI is InChI=1S/C18H17FN4O3/c1-11(24)21-16-9-13(5-8-15(16)19)20-10-17-22-18(23-26-17)12-3-6-14(25-2)7-4-12/h3-9,20H,10H2,1-2H3,(H,21,24). The highest BCUT2D eigenvalue weighted by molar-refractivity contribution is 5.89. The molecule has 7 nitrogen and oxygen atoms in total. The van der Waals surface area contributed by atoms with Crippen molar-refractivity contribution >= 4 is 17.3 Å². The number of carbonyl (C=O) groups excluding carboxylic acids is 1. The Labute approximate surface area is 149 Å². The lowest BCUT2D eigenvalue weighted by molar-refractivity contribution is -0.114. The topological polar surface area (TPSA) is 89.3 Å². The molecule has 1 heterocycles. The number of aromatic nitrogens is 2. The Morgan fingerprint density at radius 3 is 2.69 bits per heavy atom. The van der Waals surface area contributed by atoms with E-state index in [0.29, 0.717) is 17.4 Å². The number of amides is 1. The van der Waals surface area contributed by atoms with Crippen LogP contribution in [0.5, 0.6) is 5.75 Å². The van der Waals surface area contributed by atoms with E-state index in [1.165, 1.54) is 19.1 Å². The van der Waals surface area contributed by atoms with Gasteiger partial charge >= 0.3 is 0 Å². The molecule has 2 N–H and O–H groups in total. The van der Waals surface area contributed by atoms with Crippen molar-refractivity contribution in [3.63, 3.8) is 0 Å². The SMILES string of the molecule is COc1ccc(-c2noc(CNc3ccc(F)c(NC(C)=O)c3)n2)cc1. The highest BCUT2D eigenvalue weighted by Crippen LogP contribution is 2.22. The van der Waals surface area contributed by atoms with Crippen LogP contribution in [0.4, 0.5) is 15.8 Å². The minimum atomic E-state index is -0.509. The van der Waals surface area contributed by atoms with Crippen LogP contribution in [0, 0.1) is 5.82 Å². The van der Waals surface area contributed by atoms with Crippen LogP contribution in [-0.4, -0.2) is 23.2 Å². The van der Waals surface area contributed by atoms with E-state index in [0.717, 1.165) is 11.3 Å². The monoisotopic (exact) mass is 356 g/mol. The maximum absolute atomic E-state index is 13.6. The first-order valence-corrected chi connectivity index (χ1v) is 7.83. The van der Waals surface area contributed by atoms with Crippen molar-refractivity contribution in [3.05, 3.63) is 54.2 Å². The van der Waals surface area contributed by atoms with Gasteiger partial charge in [0.25, 0.3) is 0 Å². The fourth-order valence-corrected chi connectivity index (χ4v) is 2.28. The normalized spacial score (nSPS) is 10.4. The lowest BCUT2D eigenvalue weighted by Crippen LogP contribution is -2.08. The molecule has 0 fully saturated rings.